The first-order valence-electron chi connectivity index (χ1n) is 9.88. The fraction of sp³-hybridized carbons (Fsp3) is 0.550. The Balaban J connectivity index is 1.47. The van der Waals surface area contributed by atoms with Crippen LogP contribution in [0.15, 0.2) is 24.3 Å². The zero-order valence-corrected chi connectivity index (χ0v) is 16.9. The Labute approximate surface area is 170 Å². The number of benzene rings is 1. The Kier molecular flexibility index (Phi) is 5.82. The number of hydrogen-bond donors (Lipinski definition) is 1. The van der Waals surface area contributed by atoms with Gasteiger partial charge in [0, 0.05) is 30.6 Å². The number of amides is 2. The lowest BCUT2D eigenvalue weighted by molar-refractivity contribution is 0.177. The van der Waals surface area contributed by atoms with Gasteiger partial charge in [0.15, 0.2) is 5.82 Å². The molecular formula is C20H26ClN5O2. The predicted octanol–water partition coefficient (Wildman–Crippen LogP) is 3.17. The van der Waals surface area contributed by atoms with Gasteiger partial charge in [-0.15, -0.1) is 10.2 Å². The highest BCUT2D eigenvalue weighted by atomic mass is 35.5. The minimum absolute atomic E-state index is 0.0203. The molecule has 4 rings (SSSR count). The molecule has 3 heterocycles. The number of nitrogens with zero attached hydrogens (tertiary/aromatic N) is 4. The third-order valence-electron chi connectivity index (χ3n) is 5.60. The van der Waals surface area contributed by atoms with Gasteiger partial charge in [-0.25, -0.2) is 4.79 Å². The van der Waals surface area contributed by atoms with Crippen molar-refractivity contribution in [2.24, 2.45) is 5.92 Å². The molecule has 2 unspecified atom stereocenters. The van der Waals surface area contributed by atoms with Gasteiger partial charge in [0.1, 0.15) is 5.82 Å². The zero-order chi connectivity index (χ0) is 19.5. The highest BCUT2D eigenvalue weighted by Crippen LogP contribution is 2.31. The second kappa shape index (κ2) is 8.49. The third kappa shape index (κ3) is 4.15. The number of aryl methyl sites for hydroxylation is 1. The van der Waals surface area contributed by atoms with E-state index in [0.29, 0.717) is 19.0 Å². The number of hydrogen-bond acceptors (Lipinski definition) is 4. The summed E-state index contributed by atoms with van der Waals surface area (Å²) >= 11 is 6.00. The van der Waals surface area contributed by atoms with Gasteiger partial charge in [-0.2, -0.15) is 0 Å². The lowest BCUT2D eigenvalue weighted by Gasteiger charge is -2.25. The van der Waals surface area contributed by atoms with E-state index >= 15 is 0 Å². The fourth-order valence-electron chi connectivity index (χ4n) is 3.97. The van der Waals surface area contributed by atoms with E-state index in [0.717, 1.165) is 61.3 Å². The number of aromatic nitrogens is 3. The van der Waals surface area contributed by atoms with E-state index in [-0.39, 0.29) is 12.1 Å². The molecule has 1 aromatic heterocycles. The van der Waals surface area contributed by atoms with E-state index in [1.54, 1.807) is 0 Å². The molecule has 7 nitrogen and oxygen atoms in total. The number of rotatable bonds is 5. The first-order valence-corrected chi connectivity index (χ1v) is 10.3. The molecule has 2 aromatic rings. The summed E-state index contributed by atoms with van der Waals surface area (Å²) < 4.78 is 7.49. The number of carbonyl (C=O) groups is 1. The summed E-state index contributed by atoms with van der Waals surface area (Å²) in [5, 5.41) is 12.5. The van der Waals surface area contributed by atoms with Crippen LogP contribution in [0.5, 0.6) is 0 Å². The molecule has 0 aliphatic carbocycles. The van der Waals surface area contributed by atoms with Crippen LogP contribution in [-0.2, 0) is 11.3 Å². The lowest BCUT2D eigenvalue weighted by Crippen LogP contribution is -2.42. The van der Waals surface area contributed by atoms with Crippen LogP contribution in [-0.4, -0.2) is 52.0 Å². The molecule has 1 aromatic carbocycles. The molecule has 2 atom stereocenters. The van der Waals surface area contributed by atoms with Crippen molar-refractivity contribution in [3.05, 3.63) is 46.5 Å². The van der Waals surface area contributed by atoms with Crippen molar-refractivity contribution in [3.8, 4) is 0 Å². The van der Waals surface area contributed by atoms with Gasteiger partial charge in [0.2, 0.25) is 0 Å². The Morgan fingerprint density at radius 2 is 2.11 bits per heavy atom. The van der Waals surface area contributed by atoms with Crippen molar-refractivity contribution in [3.63, 3.8) is 0 Å². The average Bonchev–Trinajstić information content (AvgIpc) is 3.44. The Bertz CT molecular complexity index is 817. The van der Waals surface area contributed by atoms with E-state index in [1.165, 1.54) is 0 Å². The Hall–Kier alpha value is -2.12. The summed E-state index contributed by atoms with van der Waals surface area (Å²) in [6.45, 7) is 5.55. The van der Waals surface area contributed by atoms with Crippen molar-refractivity contribution in [2.45, 2.75) is 38.8 Å². The van der Waals surface area contributed by atoms with Gasteiger partial charge in [-0.05, 0) is 43.9 Å². The maximum Gasteiger partial charge on any atom is 0.318 e. The Morgan fingerprint density at radius 3 is 2.86 bits per heavy atom. The smallest absolute Gasteiger partial charge is 0.318 e. The molecule has 8 heteroatoms. The zero-order valence-electron chi connectivity index (χ0n) is 16.1. The van der Waals surface area contributed by atoms with Crippen LogP contribution in [0, 0.1) is 12.8 Å². The largest absolute Gasteiger partial charge is 0.381 e. The molecule has 28 heavy (non-hydrogen) atoms. The molecule has 2 aliphatic heterocycles. The summed E-state index contributed by atoms with van der Waals surface area (Å²) in [4.78, 5) is 14.7. The number of likely N-dealkylation sites (tertiary alicyclic amines) is 1. The molecule has 150 valence electrons. The van der Waals surface area contributed by atoms with E-state index in [1.807, 2.05) is 36.1 Å². The summed E-state index contributed by atoms with van der Waals surface area (Å²) in [6, 6.07) is 7.72. The SMILES string of the molecule is Cc1nnc(C2CCCN2C(=O)NCC2CCOC2)n1Cc1ccc(Cl)cc1. The van der Waals surface area contributed by atoms with Crippen molar-refractivity contribution < 1.29 is 9.53 Å². The maximum absolute atomic E-state index is 12.8. The van der Waals surface area contributed by atoms with Crippen molar-refractivity contribution in [1.29, 1.82) is 0 Å². The number of urea groups is 1. The molecule has 2 saturated heterocycles. The third-order valence-corrected chi connectivity index (χ3v) is 5.85. The number of halogens is 1. The van der Waals surface area contributed by atoms with Crippen LogP contribution in [0.1, 0.15) is 42.5 Å². The molecular weight excluding hydrogens is 378 g/mol. The normalized spacial score (nSPS) is 22.0. The van der Waals surface area contributed by atoms with Crippen molar-refractivity contribution in [1.82, 2.24) is 25.0 Å². The summed E-state index contributed by atoms with van der Waals surface area (Å²) in [5.41, 5.74) is 1.13. The first-order chi connectivity index (χ1) is 13.6. The molecule has 0 spiro atoms. The van der Waals surface area contributed by atoms with Crippen LogP contribution in [0.3, 0.4) is 0 Å². The van der Waals surface area contributed by atoms with Crippen molar-refractivity contribution >= 4 is 17.6 Å². The molecule has 2 aliphatic rings. The van der Waals surface area contributed by atoms with Gasteiger partial charge in [-0.1, -0.05) is 23.7 Å². The lowest BCUT2D eigenvalue weighted by atomic mass is 10.1. The number of carbonyl (C=O) groups excluding carboxylic acids is 1. The second-order valence-corrected chi connectivity index (χ2v) is 8.02. The second-order valence-electron chi connectivity index (χ2n) is 7.59. The average molecular weight is 404 g/mol. The van der Waals surface area contributed by atoms with Crippen LogP contribution in [0.25, 0.3) is 0 Å². The number of ether oxygens (including phenoxy) is 1. The van der Waals surface area contributed by atoms with Crippen LogP contribution in [0.2, 0.25) is 5.02 Å². The number of nitrogens with one attached hydrogen (secondary N) is 1. The van der Waals surface area contributed by atoms with Gasteiger partial charge in [0.05, 0.1) is 19.2 Å². The minimum atomic E-state index is -0.0478. The first kappa shape index (κ1) is 19.2. The molecule has 0 bridgehead atoms. The minimum Gasteiger partial charge on any atom is -0.381 e. The predicted molar refractivity (Wildman–Crippen MR) is 106 cm³/mol. The summed E-state index contributed by atoms with van der Waals surface area (Å²) in [7, 11) is 0. The summed E-state index contributed by atoms with van der Waals surface area (Å²) in [5.74, 6) is 2.12. The van der Waals surface area contributed by atoms with E-state index < -0.39 is 0 Å². The Morgan fingerprint density at radius 1 is 1.29 bits per heavy atom. The maximum atomic E-state index is 12.8. The monoisotopic (exact) mass is 403 g/mol. The molecule has 1 N–H and O–H groups in total. The van der Waals surface area contributed by atoms with Gasteiger partial charge >= 0.3 is 6.03 Å². The van der Waals surface area contributed by atoms with Crippen LogP contribution >= 0.6 is 11.6 Å². The highest BCUT2D eigenvalue weighted by molar-refractivity contribution is 6.30. The molecule has 0 radical (unpaired) electrons. The molecule has 2 fully saturated rings. The standard InChI is InChI=1S/C20H26ClN5O2/c1-14-23-24-19(26(14)12-15-4-6-17(21)7-5-15)18-3-2-9-25(18)20(27)22-11-16-8-10-28-13-16/h4-7,16,18H,2-3,8-13H2,1H3,(H,22,27). The molecule has 0 saturated carbocycles. The highest BCUT2D eigenvalue weighted by Gasteiger charge is 2.34. The van der Waals surface area contributed by atoms with Gasteiger partial charge < -0.3 is 19.5 Å². The quantitative estimate of drug-likeness (QED) is 0.832. The topological polar surface area (TPSA) is 72.3 Å². The van der Waals surface area contributed by atoms with E-state index in [4.69, 9.17) is 16.3 Å². The van der Waals surface area contributed by atoms with Crippen LogP contribution in [0.4, 0.5) is 4.79 Å². The summed E-state index contributed by atoms with van der Waals surface area (Å²) in [6.07, 6.45) is 2.88. The fourth-order valence-corrected chi connectivity index (χ4v) is 4.09. The van der Waals surface area contributed by atoms with Crippen LogP contribution < -0.4 is 5.32 Å². The van der Waals surface area contributed by atoms with Crippen molar-refractivity contribution in [2.75, 3.05) is 26.3 Å². The van der Waals surface area contributed by atoms with Gasteiger partial charge in [0.25, 0.3) is 0 Å². The van der Waals surface area contributed by atoms with E-state index in [2.05, 4.69) is 20.1 Å². The molecule has 2 amide bonds. The van der Waals surface area contributed by atoms with E-state index in [9.17, 15) is 4.79 Å². The van der Waals surface area contributed by atoms with Gasteiger partial charge in [-0.3, -0.25) is 0 Å².